The van der Waals surface area contributed by atoms with Gasteiger partial charge in [-0.2, -0.15) is 0 Å². The summed E-state index contributed by atoms with van der Waals surface area (Å²) >= 11 is 9.30. The summed E-state index contributed by atoms with van der Waals surface area (Å²) < 4.78 is 5.94. The second-order valence-electron chi connectivity index (χ2n) is 4.39. The Morgan fingerprint density at radius 3 is 2.84 bits per heavy atom. The molecule has 4 nitrogen and oxygen atoms in total. The van der Waals surface area contributed by atoms with Crippen LogP contribution in [0.15, 0.2) is 16.6 Å². The molecule has 0 saturated heterocycles. The molecule has 0 radical (unpaired) electrons. The fourth-order valence-corrected chi connectivity index (χ4v) is 2.63. The molecule has 0 aliphatic carbocycles. The Balaban J connectivity index is 2.68. The van der Waals surface area contributed by atoms with Gasteiger partial charge in [0, 0.05) is 17.5 Å². The summed E-state index contributed by atoms with van der Waals surface area (Å²) in [7, 11) is 1.54. The maximum atomic E-state index is 11.8. The standard InChI is InChI=1S/C13H18BrClN2O2/c1-8(16)4-3-5-12(18)17-11-7-9(15)6-10(14)13(11)19-2/h6-8H,3-5,16H2,1-2H3,(H,17,18). The predicted molar refractivity (Wildman–Crippen MR) is 81.8 cm³/mol. The van der Waals surface area contributed by atoms with Crippen molar-refractivity contribution in [3.63, 3.8) is 0 Å². The first-order valence-electron chi connectivity index (χ1n) is 6.02. The Morgan fingerprint density at radius 2 is 2.26 bits per heavy atom. The highest BCUT2D eigenvalue weighted by molar-refractivity contribution is 9.10. The second-order valence-corrected chi connectivity index (χ2v) is 5.68. The molecule has 1 rings (SSSR count). The summed E-state index contributed by atoms with van der Waals surface area (Å²) in [6.45, 7) is 1.93. The number of hydrogen-bond donors (Lipinski definition) is 2. The quantitative estimate of drug-likeness (QED) is 0.825. The molecular formula is C13H18BrClN2O2. The van der Waals surface area contributed by atoms with Gasteiger partial charge in [0.15, 0.2) is 5.75 Å². The number of ether oxygens (including phenoxy) is 1. The molecule has 0 spiro atoms. The van der Waals surface area contributed by atoms with Crippen molar-refractivity contribution in [1.29, 1.82) is 0 Å². The number of anilines is 1. The summed E-state index contributed by atoms with van der Waals surface area (Å²) in [6, 6.07) is 3.49. The van der Waals surface area contributed by atoms with E-state index in [0.29, 0.717) is 27.4 Å². The maximum Gasteiger partial charge on any atom is 0.224 e. The normalized spacial score (nSPS) is 12.1. The molecule has 1 aromatic rings. The second kappa shape index (κ2) is 7.72. The molecule has 0 saturated carbocycles. The zero-order chi connectivity index (χ0) is 14.4. The maximum absolute atomic E-state index is 11.8. The van der Waals surface area contributed by atoms with Crippen molar-refractivity contribution in [1.82, 2.24) is 0 Å². The molecule has 19 heavy (non-hydrogen) atoms. The van der Waals surface area contributed by atoms with Gasteiger partial charge in [-0.1, -0.05) is 11.6 Å². The molecule has 0 bridgehead atoms. The number of nitrogens with two attached hydrogens (primary N) is 1. The molecule has 1 atom stereocenters. The Hall–Kier alpha value is -0.780. The minimum absolute atomic E-state index is 0.0758. The van der Waals surface area contributed by atoms with Gasteiger partial charge in [0.1, 0.15) is 0 Å². The van der Waals surface area contributed by atoms with E-state index in [0.717, 1.165) is 12.8 Å². The number of carbonyl (C=O) groups is 1. The molecule has 1 amide bonds. The van der Waals surface area contributed by atoms with Crippen molar-refractivity contribution >= 4 is 39.1 Å². The molecule has 0 aliphatic rings. The third-order valence-corrected chi connectivity index (χ3v) is 3.36. The summed E-state index contributed by atoms with van der Waals surface area (Å²) in [5.74, 6) is 0.484. The van der Waals surface area contributed by atoms with Crippen molar-refractivity contribution in [3.05, 3.63) is 21.6 Å². The van der Waals surface area contributed by atoms with E-state index in [1.807, 2.05) is 6.92 Å². The molecule has 0 heterocycles. The lowest BCUT2D eigenvalue weighted by atomic mass is 10.1. The minimum atomic E-state index is -0.0758. The Bertz CT molecular complexity index is 453. The summed E-state index contributed by atoms with van der Waals surface area (Å²) in [6.07, 6.45) is 2.01. The van der Waals surface area contributed by atoms with Crippen LogP contribution in [0.5, 0.6) is 5.75 Å². The van der Waals surface area contributed by atoms with Crippen LogP contribution in [-0.2, 0) is 4.79 Å². The number of halogens is 2. The lowest BCUT2D eigenvalue weighted by Gasteiger charge is -2.12. The number of nitrogens with one attached hydrogen (secondary N) is 1. The molecule has 0 aromatic heterocycles. The van der Waals surface area contributed by atoms with Crippen LogP contribution in [0.2, 0.25) is 5.02 Å². The predicted octanol–water partition coefficient (Wildman–Crippen LogP) is 3.57. The van der Waals surface area contributed by atoms with E-state index < -0.39 is 0 Å². The van der Waals surface area contributed by atoms with Crippen molar-refractivity contribution in [2.75, 3.05) is 12.4 Å². The number of carbonyl (C=O) groups excluding carboxylic acids is 1. The van der Waals surface area contributed by atoms with E-state index in [9.17, 15) is 4.79 Å². The Morgan fingerprint density at radius 1 is 1.58 bits per heavy atom. The third-order valence-electron chi connectivity index (χ3n) is 2.55. The van der Waals surface area contributed by atoms with Crippen molar-refractivity contribution in [2.24, 2.45) is 5.73 Å². The lowest BCUT2D eigenvalue weighted by Crippen LogP contribution is -2.17. The van der Waals surface area contributed by atoms with Crippen LogP contribution < -0.4 is 15.8 Å². The van der Waals surface area contributed by atoms with Crippen LogP contribution >= 0.6 is 27.5 Å². The zero-order valence-corrected chi connectivity index (χ0v) is 13.3. The average Bonchev–Trinajstić information content (AvgIpc) is 2.27. The monoisotopic (exact) mass is 348 g/mol. The van der Waals surface area contributed by atoms with Crippen LogP contribution in [0.1, 0.15) is 26.2 Å². The van der Waals surface area contributed by atoms with Crippen molar-refractivity contribution < 1.29 is 9.53 Å². The number of benzene rings is 1. The molecule has 106 valence electrons. The first kappa shape index (κ1) is 16.3. The summed E-state index contributed by atoms with van der Waals surface area (Å²) in [5.41, 5.74) is 6.20. The average molecular weight is 350 g/mol. The van der Waals surface area contributed by atoms with E-state index in [-0.39, 0.29) is 11.9 Å². The number of amides is 1. The van der Waals surface area contributed by atoms with Gasteiger partial charge >= 0.3 is 0 Å². The molecule has 0 fully saturated rings. The smallest absolute Gasteiger partial charge is 0.224 e. The Labute approximate surface area is 126 Å². The van der Waals surface area contributed by atoms with Crippen LogP contribution in [0.25, 0.3) is 0 Å². The van der Waals surface area contributed by atoms with Crippen LogP contribution in [0, 0.1) is 0 Å². The van der Waals surface area contributed by atoms with E-state index in [2.05, 4.69) is 21.2 Å². The van der Waals surface area contributed by atoms with Gasteiger partial charge in [-0.15, -0.1) is 0 Å². The van der Waals surface area contributed by atoms with E-state index in [1.54, 1.807) is 19.2 Å². The first-order valence-corrected chi connectivity index (χ1v) is 7.19. The minimum Gasteiger partial charge on any atom is -0.493 e. The molecular weight excluding hydrogens is 332 g/mol. The topological polar surface area (TPSA) is 64.3 Å². The third kappa shape index (κ3) is 5.38. The fourth-order valence-electron chi connectivity index (χ4n) is 1.66. The van der Waals surface area contributed by atoms with Crippen LogP contribution in [0.3, 0.4) is 0 Å². The summed E-state index contributed by atoms with van der Waals surface area (Å²) in [5, 5.41) is 3.32. The van der Waals surface area contributed by atoms with Gasteiger partial charge in [-0.3, -0.25) is 4.79 Å². The highest BCUT2D eigenvalue weighted by Crippen LogP contribution is 2.36. The largest absolute Gasteiger partial charge is 0.493 e. The van der Waals surface area contributed by atoms with Gasteiger partial charge in [0.2, 0.25) is 5.91 Å². The summed E-state index contributed by atoms with van der Waals surface area (Å²) in [4.78, 5) is 11.8. The van der Waals surface area contributed by atoms with Crippen molar-refractivity contribution in [3.8, 4) is 5.75 Å². The van der Waals surface area contributed by atoms with Crippen LogP contribution in [0.4, 0.5) is 5.69 Å². The molecule has 6 heteroatoms. The van der Waals surface area contributed by atoms with E-state index in [4.69, 9.17) is 22.1 Å². The number of rotatable bonds is 6. The van der Waals surface area contributed by atoms with Gasteiger partial charge in [0.25, 0.3) is 0 Å². The molecule has 1 unspecified atom stereocenters. The van der Waals surface area contributed by atoms with E-state index in [1.165, 1.54) is 0 Å². The van der Waals surface area contributed by atoms with Gasteiger partial charge in [-0.25, -0.2) is 0 Å². The molecule has 1 aromatic carbocycles. The zero-order valence-electron chi connectivity index (χ0n) is 11.0. The lowest BCUT2D eigenvalue weighted by molar-refractivity contribution is -0.116. The van der Waals surface area contributed by atoms with Crippen molar-refractivity contribution in [2.45, 2.75) is 32.2 Å². The highest BCUT2D eigenvalue weighted by Gasteiger charge is 2.12. The number of methoxy groups -OCH3 is 1. The molecule has 3 N–H and O–H groups in total. The van der Waals surface area contributed by atoms with Crippen LogP contribution in [-0.4, -0.2) is 19.1 Å². The van der Waals surface area contributed by atoms with Gasteiger partial charge < -0.3 is 15.8 Å². The van der Waals surface area contributed by atoms with E-state index >= 15 is 0 Å². The fraction of sp³-hybridized carbons (Fsp3) is 0.462. The SMILES string of the molecule is COc1c(Br)cc(Cl)cc1NC(=O)CCCC(C)N. The molecule has 0 aliphatic heterocycles. The first-order chi connectivity index (χ1) is 8.93. The Kier molecular flexibility index (Phi) is 6.62. The van der Waals surface area contributed by atoms with Gasteiger partial charge in [-0.05, 0) is 47.8 Å². The number of hydrogen-bond acceptors (Lipinski definition) is 3. The highest BCUT2D eigenvalue weighted by atomic mass is 79.9. The van der Waals surface area contributed by atoms with Gasteiger partial charge in [0.05, 0.1) is 17.3 Å².